The molecule has 3 aromatic rings. The fourth-order valence-electron chi connectivity index (χ4n) is 3.65. The van der Waals surface area contributed by atoms with E-state index in [0.29, 0.717) is 22.4 Å². The second-order valence-corrected chi connectivity index (χ2v) is 7.92. The quantitative estimate of drug-likeness (QED) is 0.583. The molecule has 0 aliphatic carbocycles. The third-order valence-corrected chi connectivity index (χ3v) is 5.77. The van der Waals surface area contributed by atoms with Gasteiger partial charge < -0.3 is 9.84 Å². The van der Waals surface area contributed by atoms with Crippen LogP contribution in [0, 0.1) is 0 Å². The lowest BCUT2D eigenvalue weighted by atomic mass is 10.1. The number of rotatable bonds is 6. The molecule has 1 aliphatic heterocycles. The van der Waals surface area contributed by atoms with Gasteiger partial charge in [-0.05, 0) is 61.8 Å². The van der Waals surface area contributed by atoms with Gasteiger partial charge in [0.1, 0.15) is 0 Å². The molecule has 29 heavy (non-hydrogen) atoms. The zero-order valence-corrected chi connectivity index (χ0v) is 17.3. The first-order valence-corrected chi connectivity index (χ1v) is 10.4. The highest BCUT2D eigenvalue weighted by Crippen LogP contribution is 2.30. The Kier molecular flexibility index (Phi) is 6.19. The van der Waals surface area contributed by atoms with Gasteiger partial charge in [0.05, 0.1) is 6.04 Å². The highest BCUT2D eigenvalue weighted by molar-refractivity contribution is 6.31. The Balaban J connectivity index is 1.47. The van der Waals surface area contributed by atoms with Gasteiger partial charge >= 0.3 is 0 Å². The Morgan fingerprint density at radius 1 is 1.10 bits per heavy atom. The van der Waals surface area contributed by atoms with Gasteiger partial charge in [-0.25, -0.2) is 0 Å². The molecule has 1 atom stereocenters. The van der Waals surface area contributed by atoms with Crippen LogP contribution in [0.5, 0.6) is 0 Å². The number of nitrogens with one attached hydrogen (secondary N) is 1. The van der Waals surface area contributed by atoms with Crippen LogP contribution in [-0.4, -0.2) is 35.6 Å². The molecular weight excluding hydrogens is 409 g/mol. The Morgan fingerprint density at radius 2 is 1.83 bits per heavy atom. The van der Waals surface area contributed by atoms with Crippen LogP contribution in [0.2, 0.25) is 10.0 Å². The molecule has 1 N–H and O–H groups in total. The van der Waals surface area contributed by atoms with Gasteiger partial charge in [-0.15, -0.1) is 0 Å². The standard InChI is InChI=1S/C22H21Cl2N3O2/c23-16-9-7-15(8-10-16)21-13-19(26-29-21)22(28)25-14-20(27-11-3-4-12-27)17-5-1-2-6-18(17)24/h1-2,5-10,13,20H,3-4,11-12,14H2,(H,25,28). The van der Waals surface area contributed by atoms with Crippen molar-refractivity contribution < 1.29 is 9.32 Å². The van der Waals surface area contributed by atoms with Gasteiger partial charge in [-0.3, -0.25) is 9.69 Å². The molecule has 4 rings (SSSR count). The summed E-state index contributed by atoms with van der Waals surface area (Å²) in [7, 11) is 0. The van der Waals surface area contributed by atoms with Crippen molar-refractivity contribution in [2.75, 3.05) is 19.6 Å². The van der Waals surface area contributed by atoms with Crippen molar-refractivity contribution >= 4 is 29.1 Å². The fourth-order valence-corrected chi connectivity index (χ4v) is 4.03. The lowest BCUT2D eigenvalue weighted by Crippen LogP contribution is -2.37. The van der Waals surface area contributed by atoms with Gasteiger partial charge in [0.2, 0.25) is 0 Å². The number of likely N-dealkylation sites (tertiary alicyclic amines) is 1. The SMILES string of the molecule is O=C(NCC(c1ccccc1Cl)N1CCCC1)c1cc(-c2ccc(Cl)cc2)on1. The molecule has 0 radical (unpaired) electrons. The average Bonchev–Trinajstić information content (AvgIpc) is 3.42. The summed E-state index contributed by atoms with van der Waals surface area (Å²) in [6, 6.07) is 16.6. The zero-order valence-electron chi connectivity index (χ0n) is 15.8. The number of carbonyl (C=O) groups excluding carboxylic acids is 1. The van der Waals surface area contributed by atoms with Gasteiger partial charge in [-0.1, -0.05) is 46.6 Å². The first-order valence-electron chi connectivity index (χ1n) is 9.61. The largest absolute Gasteiger partial charge is 0.355 e. The van der Waals surface area contributed by atoms with Gasteiger partial charge in [-0.2, -0.15) is 0 Å². The number of carbonyl (C=O) groups is 1. The van der Waals surface area contributed by atoms with E-state index in [0.717, 1.165) is 37.1 Å². The lowest BCUT2D eigenvalue weighted by Gasteiger charge is -2.28. The Morgan fingerprint density at radius 3 is 2.55 bits per heavy atom. The average molecular weight is 430 g/mol. The van der Waals surface area contributed by atoms with Crippen LogP contribution in [0.3, 0.4) is 0 Å². The van der Waals surface area contributed by atoms with Crippen LogP contribution in [-0.2, 0) is 0 Å². The molecule has 1 saturated heterocycles. The highest BCUT2D eigenvalue weighted by Gasteiger charge is 2.26. The summed E-state index contributed by atoms with van der Waals surface area (Å²) < 4.78 is 5.34. The zero-order chi connectivity index (χ0) is 20.2. The van der Waals surface area contributed by atoms with Crippen LogP contribution < -0.4 is 5.32 Å². The molecule has 0 bridgehead atoms. The Labute approximate surface area is 179 Å². The minimum Gasteiger partial charge on any atom is -0.355 e. The number of halogens is 2. The van der Waals surface area contributed by atoms with Crippen molar-refractivity contribution in [3.63, 3.8) is 0 Å². The first-order chi connectivity index (χ1) is 14.1. The second kappa shape index (κ2) is 8.99. The second-order valence-electron chi connectivity index (χ2n) is 7.07. The molecule has 5 nitrogen and oxygen atoms in total. The predicted molar refractivity (Wildman–Crippen MR) is 114 cm³/mol. The molecule has 1 unspecified atom stereocenters. The van der Waals surface area contributed by atoms with Crippen LogP contribution in [0.15, 0.2) is 59.1 Å². The molecule has 1 aliphatic rings. The Hall–Kier alpha value is -2.34. The lowest BCUT2D eigenvalue weighted by molar-refractivity contribution is 0.0929. The number of amides is 1. The highest BCUT2D eigenvalue weighted by atomic mass is 35.5. The summed E-state index contributed by atoms with van der Waals surface area (Å²) in [4.78, 5) is 15.0. The molecule has 2 heterocycles. The molecule has 7 heteroatoms. The fraction of sp³-hybridized carbons (Fsp3) is 0.273. The summed E-state index contributed by atoms with van der Waals surface area (Å²) in [5.74, 6) is 0.249. The van der Waals surface area contributed by atoms with Crippen molar-refractivity contribution in [1.29, 1.82) is 0 Å². The number of aromatic nitrogens is 1. The molecule has 0 saturated carbocycles. The number of benzene rings is 2. The maximum Gasteiger partial charge on any atom is 0.273 e. The van der Waals surface area contributed by atoms with Crippen molar-refractivity contribution in [2.45, 2.75) is 18.9 Å². The summed E-state index contributed by atoms with van der Waals surface area (Å²) >= 11 is 12.4. The van der Waals surface area contributed by atoms with E-state index in [2.05, 4.69) is 15.4 Å². The maximum atomic E-state index is 12.7. The minimum absolute atomic E-state index is 0.0257. The third-order valence-electron chi connectivity index (χ3n) is 5.17. The molecule has 1 aromatic heterocycles. The molecular formula is C22H21Cl2N3O2. The summed E-state index contributed by atoms with van der Waals surface area (Å²) in [5, 5.41) is 8.26. The minimum atomic E-state index is -0.273. The third kappa shape index (κ3) is 4.64. The van der Waals surface area contributed by atoms with E-state index in [9.17, 15) is 4.79 Å². The maximum absolute atomic E-state index is 12.7. The molecule has 150 valence electrons. The van der Waals surface area contributed by atoms with E-state index < -0.39 is 0 Å². The molecule has 1 amide bonds. The smallest absolute Gasteiger partial charge is 0.273 e. The van der Waals surface area contributed by atoms with E-state index >= 15 is 0 Å². The number of hydrogen-bond donors (Lipinski definition) is 1. The van der Waals surface area contributed by atoms with Gasteiger partial charge in [0, 0.05) is 28.2 Å². The summed E-state index contributed by atoms with van der Waals surface area (Å²) in [6.45, 7) is 2.44. The van der Waals surface area contributed by atoms with Crippen LogP contribution in [0.1, 0.15) is 34.9 Å². The van der Waals surface area contributed by atoms with Crippen molar-refractivity contribution in [3.8, 4) is 11.3 Å². The molecule has 2 aromatic carbocycles. The van der Waals surface area contributed by atoms with E-state index in [1.807, 2.05) is 36.4 Å². The van der Waals surface area contributed by atoms with E-state index in [4.69, 9.17) is 27.7 Å². The summed E-state index contributed by atoms with van der Waals surface area (Å²) in [5.41, 5.74) is 2.08. The van der Waals surface area contributed by atoms with Crippen LogP contribution >= 0.6 is 23.2 Å². The van der Waals surface area contributed by atoms with Gasteiger partial charge in [0.15, 0.2) is 11.5 Å². The predicted octanol–water partition coefficient (Wildman–Crippen LogP) is 5.22. The van der Waals surface area contributed by atoms with Crippen LogP contribution in [0.4, 0.5) is 0 Å². The normalized spacial score (nSPS) is 15.4. The van der Waals surface area contributed by atoms with E-state index in [-0.39, 0.29) is 17.6 Å². The van der Waals surface area contributed by atoms with Crippen molar-refractivity contribution in [3.05, 3.63) is 75.9 Å². The first kappa shape index (κ1) is 20.0. The topological polar surface area (TPSA) is 58.4 Å². The summed E-state index contributed by atoms with van der Waals surface area (Å²) in [6.07, 6.45) is 2.31. The monoisotopic (exact) mass is 429 g/mol. The number of nitrogens with zero attached hydrogens (tertiary/aromatic N) is 2. The number of hydrogen-bond acceptors (Lipinski definition) is 4. The van der Waals surface area contributed by atoms with Gasteiger partial charge in [0.25, 0.3) is 5.91 Å². The van der Waals surface area contributed by atoms with E-state index in [1.165, 1.54) is 0 Å². The molecule has 0 spiro atoms. The van der Waals surface area contributed by atoms with Crippen molar-refractivity contribution in [1.82, 2.24) is 15.4 Å². The Bertz CT molecular complexity index is 982. The van der Waals surface area contributed by atoms with Crippen molar-refractivity contribution in [2.24, 2.45) is 0 Å². The van der Waals surface area contributed by atoms with Crippen LogP contribution in [0.25, 0.3) is 11.3 Å². The molecule has 1 fully saturated rings. The van der Waals surface area contributed by atoms with E-state index in [1.54, 1.807) is 18.2 Å².